The van der Waals surface area contributed by atoms with Crippen LogP contribution in [0.15, 0.2) is 21.4 Å². The van der Waals surface area contributed by atoms with Crippen LogP contribution in [0.5, 0.6) is 0 Å². The lowest BCUT2D eigenvalue weighted by molar-refractivity contribution is 0.0519. The van der Waals surface area contributed by atoms with Crippen molar-refractivity contribution in [1.82, 2.24) is 14.5 Å². The number of hydrogen-bond donors (Lipinski definition) is 1. The fourth-order valence-electron chi connectivity index (χ4n) is 2.89. The van der Waals surface area contributed by atoms with Gasteiger partial charge in [0, 0.05) is 18.3 Å². The van der Waals surface area contributed by atoms with Crippen LogP contribution in [0, 0.1) is 13.8 Å². The smallest absolute Gasteiger partial charge is 0.355 e. The quantitative estimate of drug-likeness (QED) is 0.293. The Labute approximate surface area is 163 Å². The number of aryl methyl sites for hydroxylation is 1. The molecular formula is C18H19N3O4S2. The molecule has 27 heavy (non-hydrogen) atoms. The summed E-state index contributed by atoms with van der Waals surface area (Å²) in [5.41, 5.74) is 1.85. The van der Waals surface area contributed by atoms with E-state index in [1.54, 1.807) is 33.9 Å². The van der Waals surface area contributed by atoms with Crippen LogP contribution in [0.4, 0.5) is 0 Å². The summed E-state index contributed by atoms with van der Waals surface area (Å²) in [6.45, 7) is 5.46. The molecule has 0 saturated carbocycles. The zero-order chi connectivity index (χ0) is 19.7. The number of nitrogens with zero attached hydrogens (tertiary/aromatic N) is 2. The number of rotatable bonds is 6. The lowest BCUT2D eigenvalue weighted by Crippen LogP contribution is -2.19. The number of thiophene rings is 1. The average Bonchev–Trinajstić information content (AvgIpc) is 3.21. The Bertz CT molecular complexity index is 1090. The molecule has 0 aliphatic rings. The molecule has 0 radical (unpaired) electrons. The van der Waals surface area contributed by atoms with Crippen LogP contribution in [-0.4, -0.2) is 38.6 Å². The van der Waals surface area contributed by atoms with Gasteiger partial charge in [-0.1, -0.05) is 11.8 Å². The number of hydrogen-bond acceptors (Lipinski definition) is 7. The molecule has 0 spiro atoms. The topological polar surface area (TPSA) is 94.1 Å². The molecule has 0 atom stereocenters. The highest BCUT2D eigenvalue weighted by atomic mass is 32.2. The first-order valence-corrected chi connectivity index (χ1v) is 10.2. The van der Waals surface area contributed by atoms with E-state index in [-0.39, 0.29) is 23.7 Å². The second-order valence-electron chi connectivity index (χ2n) is 5.96. The van der Waals surface area contributed by atoms with Crippen molar-refractivity contribution in [1.29, 1.82) is 0 Å². The molecule has 0 bridgehead atoms. The van der Waals surface area contributed by atoms with Crippen molar-refractivity contribution in [3.05, 3.63) is 44.3 Å². The molecule has 3 aromatic rings. The van der Waals surface area contributed by atoms with Gasteiger partial charge in [0.1, 0.15) is 10.5 Å². The maximum absolute atomic E-state index is 12.8. The van der Waals surface area contributed by atoms with E-state index in [0.717, 1.165) is 0 Å². The Morgan fingerprint density at radius 3 is 2.81 bits per heavy atom. The molecule has 9 heteroatoms. The first kappa shape index (κ1) is 19.4. The summed E-state index contributed by atoms with van der Waals surface area (Å²) in [7, 11) is 1.64. The number of ether oxygens (including phenoxy) is 1. The Balaban J connectivity index is 1.84. The zero-order valence-corrected chi connectivity index (χ0v) is 17.0. The Morgan fingerprint density at radius 1 is 1.37 bits per heavy atom. The van der Waals surface area contributed by atoms with Crippen molar-refractivity contribution in [2.24, 2.45) is 7.05 Å². The first-order chi connectivity index (χ1) is 12.8. The van der Waals surface area contributed by atoms with E-state index < -0.39 is 5.97 Å². The number of esters is 1. The van der Waals surface area contributed by atoms with E-state index in [1.165, 1.54) is 27.7 Å². The lowest BCUT2D eigenvalue weighted by Gasteiger charge is -2.07. The number of carbonyl (C=O) groups excluding carboxylic acids is 2. The van der Waals surface area contributed by atoms with Crippen LogP contribution in [0.25, 0.3) is 10.2 Å². The van der Waals surface area contributed by atoms with Crippen LogP contribution in [0.3, 0.4) is 0 Å². The minimum absolute atomic E-state index is 0.110. The minimum atomic E-state index is -0.475. The Kier molecular flexibility index (Phi) is 5.52. The highest BCUT2D eigenvalue weighted by molar-refractivity contribution is 7.99. The third kappa shape index (κ3) is 3.57. The molecule has 0 fully saturated rings. The number of nitrogens with one attached hydrogen (secondary N) is 1. The van der Waals surface area contributed by atoms with Gasteiger partial charge in [0.2, 0.25) is 0 Å². The SMILES string of the molecule is CCOC(=O)c1[nH]c(C)c(C(=O)CSc2nc3sccc3c(=O)n2C)c1C. The summed E-state index contributed by atoms with van der Waals surface area (Å²) in [6, 6.07) is 1.75. The van der Waals surface area contributed by atoms with Crippen LogP contribution in [-0.2, 0) is 11.8 Å². The van der Waals surface area contributed by atoms with Crippen molar-refractivity contribution in [2.45, 2.75) is 25.9 Å². The molecule has 0 amide bonds. The van der Waals surface area contributed by atoms with Gasteiger partial charge in [0.25, 0.3) is 5.56 Å². The van der Waals surface area contributed by atoms with Crippen LogP contribution < -0.4 is 5.56 Å². The summed E-state index contributed by atoms with van der Waals surface area (Å²) in [4.78, 5) is 45.2. The normalized spacial score (nSPS) is 11.1. The van der Waals surface area contributed by atoms with Gasteiger partial charge < -0.3 is 9.72 Å². The van der Waals surface area contributed by atoms with E-state index in [2.05, 4.69) is 9.97 Å². The Morgan fingerprint density at radius 2 is 2.11 bits per heavy atom. The number of Topliss-reactive ketones (excluding diaryl/α,β-unsaturated/α-hetero) is 1. The maximum Gasteiger partial charge on any atom is 0.355 e. The summed E-state index contributed by atoms with van der Waals surface area (Å²) < 4.78 is 6.47. The number of thioether (sulfide) groups is 1. The molecule has 0 aliphatic carbocycles. The van der Waals surface area contributed by atoms with Gasteiger partial charge in [-0.05, 0) is 37.8 Å². The van der Waals surface area contributed by atoms with E-state index in [9.17, 15) is 14.4 Å². The molecular weight excluding hydrogens is 386 g/mol. The van der Waals surface area contributed by atoms with E-state index in [0.29, 0.717) is 37.9 Å². The van der Waals surface area contributed by atoms with Gasteiger partial charge in [0.15, 0.2) is 10.9 Å². The zero-order valence-electron chi connectivity index (χ0n) is 15.4. The van der Waals surface area contributed by atoms with Crippen molar-refractivity contribution in [3.63, 3.8) is 0 Å². The first-order valence-electron chi connectivity index (χ1n) is 8.31. The van der Waals surface area contributed by atoms with Crippen molar-refractivity contribution < 1.29 is 14.3 Å². The van der Waals surface area contributed by atoms with Gasteiger partial charge in [-0.25, -0.2) is 9.78 Å². The molecule has 3 heterocycles. The summed E-state index contributed by atoms with van der Waals surface area (Å²) in [6.07, 6.45) is 0. The predicted molar refractivity (Wildman–Crippen MR) is 106 cm³/mol. The summed E-state index contributed by atoms with van der Waals surface area (Å²) >= 11 is 2.60. The highest BCUT2D eigenvalue weighted by Gasteiger charge is 2.23. The molecule has 142 valence electrons. The highest BCUT2D eigenvalue weighted by Crippen LogP contribution is 2.24. The molecule has 3 aromatic heterocycles. The average molecular weight is 406 g/mol. The van der Waals surface area contributed by atoms with Crippen molar-refractivity contribution in [2.75, 3.05) is 12.4 Å². The Hall–Kier alpha value is -2.39. The number of aromatic nitrogens is 3. The van der Waals surface area contributed by atoms with Crippen molar-refractivity contribution >= 4 is 45.1 Å². The summed E-state index contributed by atoms with van der Waals surface area (Å²) in [5, 5.41) is 2.89. The number of carbonyl (C=O) groups is 2. The fraction of sp³-hybridized carbons (Fsp3) is 0.333. The second kappa shape index (κ2) is 7.69. The van der Waals surface area contributed by atoms with Crippen LogP contribution in [0.1, 0.15) is 39.0 Å². The largest absolute Gasteiger partial charge is 0.461 e. The molecule has 0 saturated heterocycles. The van der Waals surface area contributed by atoms with Gasteiger partial charge in [-0.15, -0.1) is 11.3 Å². The summed E-state index contributed by atoms with van der Waals surface area (Å²) in [5.74, 6) is -0.502. The monoisotopic (exact) mass is 405 g/mol. The molecule has 0 aliphatic heterocycles. The van der Waals surface area contributed by atoms with Gasteiger partial charge >= 0.3 is 5.97 Å². The fourth-order valence-corrected chi connectivity index (χ4v) is 4.54. The van der Waals surface area contributed by atoms with E-state index in [4.69, 9.17) is 4.74 Å². The number of fused-ring (bicyclic) bond motifs is 1. The predicted octanol–water partition coefficient (Wildman–Crippen LogP) is 3.09. The lowest BCUT2D eigenvalue weighted by atomic mass is 10.1. The van der Waals surface area contributed by atoms with Crippen LogP contribution in [0.2, 0.25) is 0 Å². The third-order valence-corrected chi connectivity index (χ3v) is 6.03. The molecule has 1 N–H and O–H groups in total. The maximum atomic E-state index is 12.8. The number of H-pyrrole nitrogens is 1. The standard InChI is InChI=1S/C18H19N3O4S2/c1-5-25-17(24)14-9(2)13(10(3)19-14)12(22)8-27-18-20-15-11(6-7-26-15)16(23)21(18)4/h6-7,19H,5,8H2,1-4H3. The van der Waals surface area contributed by atoms with E-state index in [1.807, 2.05) is 5.38 Å². The third-order valence-electron chi connectivity index (χ3n) is 4.19. The molecule has 7 nitrogen and oxygen atoms in total. The minimum Gasteiger partial charge on any atom is -0.461 e. The molecule has 3 rings (SSSR count). The molecule has 0 aromatic carbocycles. The van der Waals surface area contributed by atoms with Gasteiger partial charge in [-0.2, -0.15) is 0 Å². The van der Waals surface area contributed by atoms with Crippen LogP contribution >= 0.6 is 23.1 Å². The molecule has 0 unspecified atom stereocenters. The van der Waals surface area contributed by atoms with Gasteiger partial charge in [0.05, 0.1) is 17.7 Å². The number of ketones is 1. The number of aromatic amines is 1. The van der Waals surface area contributed by atoms with E-state index >= 15 is 0 Å². The van der Waals surface area contributed by atoms with Gasteiger partial charge in [-0.3, -0.25) is 14.2 Å². The second-order valence-corrected chi connectivity index (χ2v) is 7.79. The van der Waals surface area contributed by atoms with Crippen molar-refractivity contribution in [3.8, 4) is 0 Å².